The van der Waals surface area contributed by atoms with E-state index in [9.17, 15) is 0 Å². The van der Waals surface area contributed by atoms with Crippen LogP contribution in [0.1, 0.15) is 18.0 Å². The number of hydrogen-bond acceptors (Lipinski definition) is 2. The van der Waals surface area contributed by atoms with Crippen molar-refractivity contribution in [3.05, 3.63) is 21.5 Å². The Kier molecular flexibility index (Phi) is 2.01. The van der Waals surface area contributed by atoms with Gasteiger partial charge in [-0.15, -0.1) is 16.7 Å². The molecule has 1 aromatic heterocycles. The number of aromatic nitrogens is 2. The Morgan fingerprint density at radius 2 is 2.18 bits per heavy atom. The smallest absolute Gasteiger partial charge is 0.124 e. The van der Waals surface area contributed by atoms with Crippen LogP contribution in [0, 0.1) is 3.70 Å². The van der Waals surface area contributed by atoms with E-state index in [-0.39, 0.29) is 0 Å². The molecule has 0 spiro atoms. The minimum Gasteiger partial charge on any atom is -0.154 e. The van der Waals surface area contributed by atoms with Gasteiger partial charge in [-0.25, -0.2) is 0 Å². The molecule has 1 aliphatic carbocycles. The lowest BCUT2D eigenvalue weighted by atomic mass is 10.3. The second-order valence-corrected chi connectivity index (χ2v) is 4.30. The van der Waals surface area contributed by atoms with E-state index in [4.69, 9.17) is 11.6 Å². The second kappa shape index (κ2) is 2.86. The van der Waals surface area contributed by atoms with E-state index in [1.807, 2.05) is 12.1 Å². The van der Waals surface area contributed by atoms with Gasteiger partial charge in [0.1, 0.15) is 3.70 Å². The maximum absolute atomic E-state index is 5.86. The predicted molar refractivity (Wildman–Crippen MR) is 51.7 cm³/mol. The average molecular weight is 280 g/mol. The summed E-state index contributed by atoms with van der Waals surface area (Å²) in [4.78, 5) is 0. The van der Waals surface area contributed by atoms with Gasteiger partial charge in [-0.05, 0) is 41.1 Å². The van der Waals surface area contributed by atoms with Crippen LogP contribution in [0.3, 0.4) is 0 Å². The molecular weight excluding hydrogens is 274 g/mol. The first-order chi connectivity index (χ1) is 5.27. The first kappa shape index (κ1) is 7.73. The number of nitrogens with zero attached hydrogens (tertiary/aromatic N) is 2. The highest BCUT2D eigenvalue weighted by atomic mass is 127. The van der Waals surface area contributed by atoms with Gasteiger partial charge in [-0.2, -0.15) is 5.10 Å². The van der Waals surface area contributed by atoms with Crippen molar-refractivity contribution in [2.75, 3.05) is 0 Å². The molecule has 58 valence electrons. The monoisotopic (exact) mass is 280 g/mol. The van der Waals surface area contributed by atoms with E-state index in [0.29, 0.717) is 11.3 Å². The summed E-state index contributed by atoms with van der Waals surface area (Å²) >= 11 is 8.00. The van der Waals surface area contributed by atoms with Crippen LogP contribution in [0.5, 0.6) is 0 Å². The summed E-state index contributed by atoms with van der Waals surface area (Å²) in [6.07, 6.45) is 1.05. The summed E-state index contributed by atoms with van der Waals surface area (Å²) in [7, 11) is 0. The van der Waals surface area contributed by atoms with Crippen molar-refractivity contribution in [3.8, 4) is 0 Å². The maximum Gasteiger partial charge on any atom is 0.124 e. The molecular formula is C7H6ClIN2. The van der Waals surface area contributed by atoms with Crippen LogP contribution in [-0.4, -0.2) is 15.6 Å². The van der Waals surface area contributed by atoms with Crippen molar-refractivity contribution in [3.63, 3.8) is 0 Å². The zero-order valence-electron chi connectivity index (χ0n) is 5.67. The van der Waals surface area contributed by atoms with Gasteiger partial charge >= 0.3 is 0 Å². The molecule has 2 rings (SSSR count). The lowest BCUT2D eigenvalue weighted by Crippen LogP contribution is -1.92. The SMILES string of the molecule is ClC1CC1c1ccc(I)nn1. The third-order valence-corrected chi connectivity index (χ3v) is 2.80. The van der Waals surface area contributed by atoms with Crippen LogP contribution in [0.2, 0.25) is 0 Å². The maximum atomic E-state index is 5.86. The molecule has 2 atom stereocenters. The molecule has 0 amide bonds. The minimum absolute atomic E-state index is 0.296. The summed E-state index contributed by atoms with van der Waals surface area (Å²) < 4.78 is 0.929. The molecule has 4 heteroatoms. The quantitative estimate of drug-likeness (QED) is 0.582. The van der Waals surface area contributed by atoms with E-state index in [2.05, 4.69) is 32.8 Å². The molecule has 2 unspecified atom stereocenters. The summed E-state index contributed by atoms with van der Waals surface area (Å²) in [5.41, 5.74) is 1.03. The highest BCUT2D eigenvalue weighted by Crippen LogP contribution is 2.43. The second-order valence-electron chi connectivity index (χ2n) is 2.64. The Morgan fingerprint density at radius 3 is 2.64 bits per heavy atom. The zero-order chi connectivity index (χ0) is 7.84. The largest absolute Gasteiger partial charge is 0.154 e. The highest BCUT2D eigenvalue weighted by molar-refractivity contribution is 14.1. The van der Waals surface area contributed by atoms with Crippen LogP contribution in [0.15, 0.2) is 12.1 Å². The molecule has 0 bridgehead atoms. The topological polar surface area (TPSA) is 25.8 Å². The molecule has 1 saturated carbocycles. The van der Waals surface area contributed by atoms with Gasteiger partial charge in [0.25, 0.3) is 0 Å². The molecule has 0 N–H and O–H groups in total. The van der Waals surface area contributed by atoms with Crippen molar-refractivity contribution in [2.45, 2.75) is 17.7 Å². The zero-order valence-corrected chi connectivity index (χ0v) is 8.58. The van der Waals surface area contributed by atoms with E-state index >= 15 is 0 Å². The lowest BCUT2D eigenvalue weighted by Gasteiger charge is -1.93. The van der Waals surface area contributed by atoms with Gasteiger partial charge in [-0.3, -0.25) is 0 Å². The summed E-state index contributed by atoms with van der Waals surface area (Å²) in [6, 6.07) is 3.96. The van der Waals surface area contributed by atoms with Crippen molar-refractivity contribution < 1.29 is 0 Å². The van der Waals surface area contributed by atoms with Gasteiger partial charge in [0.15, 0.2) is 0 Å². The third kappa shape index (κ3) is 1.64. The highest BCUT2D eigenvalue weighted by Gasteiger charge is 2.37. The van der Waals surface area contributed by atoms with Gasteiger partial charge in [0, 0.05) is 11.3 Å². The molecule has 0 aliphatic heterocycles. The normalized spacial score (nSPS) is 28.5. The molecule has 1 fully saturated rings. The van der Waals surface area contributed by atoms with E-state index in [1.165, 1.54) is 0 Å². The number of alkyl halides is 1. The van der Waals surface area contributed by atoms with Crippen molar-refractivity contribution in [2.24, 2.45) is 0 Å². The predicted octanol–water partition coefficient (Wildman–Crippen LogP) is 2.18. The standard InChI is InChI=1S/C7H6ClIN2/c8-5-3-4(5)6-1-2-7(9)11-10-6/h1-2,4-5H,3H2. The van der Waals surface area contributed by atoms with Gasteiger partial charge in [0.05, 0.1) is 5.69 Å². The molecule has 1 aromatic rings. The Hall–Kier alpha value is 0.1000. The summed E-state index contributed by atoms with van der Waals surface area (Å²) in [5, 5.41) is 8.30. The molecule has 0 radical (unpaired) electrons. The van der Waals surface area contributed by atoms with Crippen LogP contribution in [0.4, 0.5) is 0 Å². The van der Waals surface area contributed by atoms with Crippen LogP contribution in [0.25, 0.3) is 0 Å². The molecule has 0 aromatic carbocycles. The van der Waals surface area contributed by atoms with Crippen LogP contribution >= 0.6 is 34.2 Å². The molecule has 2 nitrogen and oxygen atoms in total. The van der Waals surface area contributed by atoms with E-state index < -0.39 is 0 Å². The average Bonchev–Trinajstić information content (AvgIpc) is 2.69. The van der Waals surface area contributed by atoms with Gasteiger partial charge < -0.3 is 0 Å². The van der Waals surface area contributed by atoms with Crippen molar-refractivity contribution in [1.82, 2.24) is 10.2 Å². The van der Waals surface area contributed by atoms with Crippen LogP contribution < -0.4 is 0 Å². The Morgan fingerprint density at radius 1 is 1.45 bits per heavy atom. The molecule has 11 heavy (non-hydrogen) atoms. The Labute approximate surface area is 83.5 Å². The first-order valence-electron chi connectivity index (χ1n) is 3.40. The fourth-order valence-corrected chi connectivity index (χ4v) is 1.60. The van der Waals surface area contributed by atoms with Gasteiger partial charge in [-0.1, -0.05) is 0 Å². The van der Waals surface area contributed by atoms with E-state index in [0.717, 1.165) is 15.8 Å². The minimum atomic E-state index is 0.296. The fourth-order valence-electron chi connectivity index (χ4n) is 0.994. The first-order valence-corrected chi connectivity index (χ1v) is 4.92. The molecule has 1 heterocycles. The lowest BCUT2D eigenvalue weighted by molar-refractivity contribution is 0.895. The van der Waals surface area contributed by atoms with Crippen molar-refractivity contribution in [1.29, 1.82) is 0 Å². The molecule has 1 aliphatic rings. The summed E-state index contributed by atoms with van der Waals surface area (Å²) in [5.74, 6) is 0.459. The van der Waals surface area contributed by atoms with Crippen molar-refractivity contribution >= 4 is 34.2 Å². The number of hydrogen-bond donors (Lipinski definition) is 0. The number of rotatable bonds is 1. The van der Waals surface area contributed by atoms with Gasteiger partial charge in [0.2, 0.25) is 0 Å². The third-order valence-electron chi connectivity index (χ3n) is 1.75. The molecule has 0 saturated heterocycles. The fraction of sp³-hybridized carbons (Fsp3) is 0.429. The number of halogens is 2. The summed E-state index contributed by atoms with van der Waals surface area (Å²) in [6.45, 7) is 0. The van der Waals surface area contributed by atoms with E-state index in [1.54, 1.807) is 0 Å². The van der Waals surface area contributed by atoms with Crippen LogP contribution in [-0.2, 0) is 0 Å². The Balaban J connectivity index is 2.21. The Bertz CT molecular complexity index is 262.